The van der Waals surface area contributed by atoms with Crippen molar-refractivity contribution in [2.24, 2.45) is 0 Å². The fourth-order valence-corrected chi connectivity index (χ4v) is 3.98. The summed E-state index contributed by atoms with van der Waals surface area (Å²) in [6.07, 6.45) is 3.15. The third-order valence-corrected chi connectivity index (χ3v) is 5.37. The van der Waals surface area contributed by atoms with Crippen molar-refractivity contribution in [1.82, 2.24) is 4.98 Å². The number of aromatic nitrogens is 1. The lowest BCUT2D eigenvalue weighted by atomic mass is 10.2. The van der Waals surface area contributed by atoms with Crippen LogP contribution < -0.4 is 5.32 Å². The van der Waals surface area contributed by atoms with Gasteiger partial charge in [0.1, 0.15) is 17.7 Å². The van der Waals surface area contributed by atoms with Crippen molar-refractivity contribution in [2.75, 3.05) is 17.7 Å². The highest BCUT2D eigenvalue weighted by Crippen LogP contribution is 2.21. The number of carbonyl (C=O) groups excluding carboxylic acids is 1. The number of carbonyl (C=O) groups is 1. The number of aliphatic hydroxyl groups is 1. The molecule has 112 valence electrons. The van der Waals surface area contributed by atoms with Crippen molar-refractivity contribution >= 4 is 21.6 Å². The number of aliphatic hydroxyl groups excluding tert-OH is 1. The summed E-state index contributed by atoms with van der Waals surface area (Å²) in [6, 6.07) is 3.17. The van der Waals surface area contributed by atoms with Crippen molar-refractivity contribution in [1.29, 1.82) is 0 Å². The molecule has 21 heavy (non-hydrogen) atoms. The summed E-state index contributed by atoms with van der Waals surface area (Å²) in [7, 11) is -3.37. The van der Waals surface area contributed by atoms with Gasteiger partial charge in [0.15, 0.2) is 9.84 Å². The van der Waals surface area contributed by atoms with Crippen LogP contribution in [-0.2, 0) is 14.6 Å². The van der Waals surface area contributed by atoms with Gasteiger partial charge in [0.25, 0.3) is 0 Å². The molecule has 1 aliphatic rings. The average Bonchev–Trinajstić information content (AvgIpc) is 2.45. The highest BCUT2D eigenvalue weighted by molar-refractivity contribution is 7.92. The molecule has 6 nitrogen and oxygen atoms in total. The Labute approximate surface area is 123 Å². The average molecular weight is 308 g/mol. The Morgan fingerprint density at radius 3 is 3.00 bits per heavy atom. The minimum absolute atomic E-state index is 0.0561. The summed E-state index contributed by atoms with van der Waals surface area (Å²) in [4.78, 5) is 16.1. The molecule has 2 N–H and O–H groups in total. The van der Waals surface area contributed by atoms with Crippen molar-refractivity contribution < 1.29 is 18.3 Å². The van der Waals surface area contributed by atoms with E-state index in [1.165, 1.54) is 12.3 Å². The highest BCUT2D eigenvalue weighted by atomic mass is 32.2. The molecule has 7 heteroatoms. The summed E-state index contributed by atoms with van der Waals surface area (Å²) >= 11 is 0. The van der Waals surface area contributed by atoms with Crippen molar-refractivity contribution in [3.8, 4) is 11.8 Å². The molecule has 0 spiro atoms. The monoisotopic (exact) mass is 308 g/mol. The van der Waals surface area contributed by atoms with Gasteiger partial charge in [-0.25, -0.2) is 13.4 Å². The first kappa shape index (κ1) is 15.5. The summed E-state index contributed by atoms with van der Waals surface area (Å²) in [5, 5.41) is 10.2. The minimum Gasteiger partial charge on any atom is -0.384 e. The largest absolute Gasteiger partial charge is 0.384 e. The molecule has 1 aromatic rings. The molecule has 1 fully saturated rings. The molecule has 0 saturated carbocycles. The van der Waals surface area contributed by atoms with Crippen LogP contribution in [0.2, 0.25) is 0 Å². The van der Waals surface area contributed by atoms with E-state index in [1.54, 1.807) is 6.07 Å². The fourth-order valence-electron chi connectivity index (χ4n) is 2.17. The number of nitrogens with one attached hydrogen (secondary N) is 1. The molecule has 0 radical (unpaired) electrons. The Balaban J connectivity index is 2.12. The summed E-state index contributed by atoms with van der Waals surface area (Å²) < 4.78 is 23.8. The molecular formula is C14H16N2O4S. The molecule has 2 rings (SSSR count). The maximum atomic E-state index is 12.1. The highest BCUT2D eigenvalue weighted by Gasteiger charge is 2.34. The minimum atomic E-state index is -3.37. The summed E-state index contributed by atoms with van der Waals surface area (Å²) in [5.41, 5.74) is 0.584. The second-order valence-corrected chi connectivity index (χ2v) is 7.03. The van der Waals surface area contributed by atoms with Crippen LogP contribution in [-0.4, -0.2) is 42.0 Å². The van der Waals surface area contributed by atoms with E-state index < -0.39 is 21.0 Å². The van der Waals surface area contributed by atoms with Crippen LogP contribution in [0.1, 0.15) is 24.8 Å². The van der Waals surface area contributed by atoms with E-state index in [0.717, 1.165) is 6.42 Å². The van der Waals surface area contributed by atoms with Gasteiger partial charge in [-0.05, 0) is 25.0 Å². The van der Waals surface area contributed by atoms with E-state index in [0.29, 0.717) is 18.4 Å². The van der Waals surface area contributed by atoms with Crippen LogP contribution >= 0.6 is 0 Å². The fraction of sp³-hybridized carbons (Fsp3) is 0.429. The van der Waals surface area contributed by atoms with Crippen LogP contribution in [0.5, 0.6) is 0 Å². The number of nitrogens with zero attached hydrogens (tertiary/aromatic N) is 1. The first-order valence-corrected chi connectivity index (χ1v) is 8.33. The van der Waals surface area contributed by atoms with Gasteiger partial charge in [-0.2, -0.15) is 0 Å². The zero-order valence-electron chi connectivity index (χ0n) is 11.4. The summed E-state index contributed by atoms with van der Waals surface area (Å²) in [5.74, 6) is 4.95. The number of hydrogen-bond donors (Lipinski definition) is 2. The number of pyridine rings is 1. The molecule has 1 unspecified atom stereocenters. The predicted octanol–water partition coefficient (Wildman–Crippen LogP) is 0.331. The van der Waals surface area contributed by atoms with Crippen molar-refractivity contribution in [3.05, 3.63) is 23.9 Å². The molecular weight excluding hydrogens is 292 g/mol. The Morgan fingerprint density at radius 1 is 1.48 bits per heavy atom. The predicted molar refractivity (Wildman–Crippen MR) is 78.3 cm³/mol. The third kappa shape index (κ3) is 4.03. The molecule has 1 aromatic heterocycles. The van der Waals surface area contributed by atoms with Gasteiger partial charge in [-0.3, -0.25) is 4.79 Å². The van der Waals surface area contributed by atoms with E-state index in [4.69, 9.17) is 5.11 Å². The van der Waals surface area contributed by atoms with Gasteiger partial charge < -0.3 is 10.4 Å². The second-order valence-electron chi connectivity index (χ2n) is 4.73. The lowest BCUT2D eigenvalue weighted by molar-refractivity contribution is -0.116. The molecule has 0 bridgehead atoms. The van der Waals surface area contributed by atoms with Crippen LogP contribution in [0.3, 0.4) is 0 Å². The van der Waals surface area contributed by atoms with Gasteiger partial charge in [-0.15, -0.1) is 0 Å². The number of sulfone groups is 1. The van der Waals surface area contributed by atoms with E-state index in [-0.39, 0.29) is 18.2 Å². The summed E-state index contributed by atoms with van der Waals surface area (Å²) in [6.45, 7) is -0.260. The normalized spacial score (nSPS) is 20.1. The van der Waals surface area contributed by atoms with Gasteiger partial charge in [0, 0.05) is 11.8 Å². The molecule has 1 saturated heterocycles. The zero-order chi connectivity index (χ0) is 15.3. The van der Waals surface area contributed by atoms with Crippen LogP contribution in [0.15, 0.2) is 18.3 Å². The number of rotatable bonds is 2. The first-order valence-electron chi connectivity index (χ1n) is 6.61. The molecule has 0 aliphatic carbocycles. The maximum absolute atomic E-state index is 12.1. The van der Waals surface area contributed by atoms with Crippen LogP contribution in [0.4, 0.5) is 5.82 Å². The van der Waals surface area contributed by atoms with Gasteiger partial charge in [0.05, 0.1) is 5.75 Å². The molecule has 0 aromatic carbocycles. The molecule has 1 amide bonds. The molecule has 1 atom stereocenters. The number of hydrogen-bond acceptors (Lipinski definition) is 5. The van der Waals surface area contributed by atoms with E-state index in [2.05, 4.69) is 22.1 Å². The van der Waals surface area contributed by atoms with Crippen molar-refractivity contribution in [2.45, 2.75) is 24.5 Å². The second kappa shape index (κ2) is 6.70. The Morgan fingerprint density at radius 2 is 2.29 bits per heavy atom. The van der Waals surface area contributed by atoms with Crippen LogP contribution in [0, 0.1) is 11.8 Å². The SMILES string of the molecule is O=C(Nc1cc(C#CCO)ccn1)C1CCCCS1(=O)=O. The molecule has 2 heterocycles. The third-order valence-electron chi connectivity index (χ3n) is 3.19. The van der Waals surface area contributed by atoms with Gasteiger partial charge in [-0.1, -0.05) is 18.3 Å². The zero-order valence-corrected chi connectivity index (χ0v) is 12.2. The van der Waals surface area contributed by atoms with Gasteiger partial charge >= 0.3 is 0 Å². The number of anilines is 1. The topological polar surface area (TPSA) is 96.4 Å². The van der Waals surface area contributed by atoms with Crippen molar-refractivity contribution in [3.63, 3.8) is 0 Å². The first-order chi connectivity index (χ1) is 10.0. The maximum Gasteiger partial charge on any atom is 0.243 e. The Bertz CT molecular complexity index is 688. The standard InChI is InChI=1S/C14H16N2O4S/c17-8-3-4-11-6-7-15-13(10-11)16-14(18)12-5-1-2-9-21(12,19)20/h6-7,10,12,17H,1-2,5,8-9H2,(H,15,16,18). The van der Waals surface area contributed by atoms with E-state index in [1.807, 2.05) is 0 Å². The molecule has 1 aliphatic heterocycles. The van der Waals surface area contributed by atoms with E-state index >= 15 is 0 Å². The Hall–Kier alpha value is -1.91. The Kier molecular flexibility index (Phi) is 4.94. The number of amides is 1. The smallest absolute Gasteiger partial charge is 0.243 e. The lowest BCUT2D eigenvalue weighted by Gasteiger charge is -2.21. The van der Waals surface area contributed by atoms with E-state index in [9.17, 15) is 13.2 Å². The van der Waals surface area contributed by atoms with Gasteiger partial charge in [0.2, 0.25) is 5.91 Å². The lowest BCUT2D eigenvalue weighted by Crippen LogP contribution is -2.39. The quantitative estimate of drug-likeness (QED) is 0.768. The van der Waals surface area contributed by atoms with Crippen LogP contribution in [0.25, 0.3) is 0 Å².